The number of hydrogen-bond donors (Lipinski definition) is 1. The molecular weight excluding hydrogens is 524 g/mol. The zero-order valence-corrected chi connectivity index (χ0v) is 23.1. The summed E-state index contributed by atoms with van der Waals surface area (Å²) in [7, 11) is -5.45. The number of aryl methyl sites for hydroxylation is 1. The molecule has 202 valence electrons. The van der Waals surface area contributed by atoms with Gasteiger partial charge in [0, 0.05) is 57.2 Å². The van der Waals surface area contributed by atoms with Crippen LogP contribution in [-0.2, 0) is 20.0 Å². The second kappa shape index (κ2) is 10.6. The van der Waals surface area contributed by atoms with E-state index in [4.69, 9.17) is 0 Å². The highest BCUT2D eigenvalue weighted by atomic mass is 32.2. The second-order valence-electron chi connectivity index (χ2n) is 9.61. The minimum absolute atomic E-state index is 0.0553. The second-order valence-corrected chi connectivity index (χ2v) is 13.5. The van der Waals surface area contributed by atoms with Crippen molar-refractivity contribution >= 4 is 31.6 Å². The topological polar surface area (TPSA) is 116 Å². The Morgan fingerprint density at radius 1 is 0.842 bits per heavy atom. The fraction of sp³-hybridized carbons (Fsp3) is 0.385. The third-order valence-corrected chi connectivity index (χ3v) is 10.8. The predicted octanol–water partition coefficient (Wildman–Crippen LogP) is 2.86. The maximum absolute atomic E-state index is 13.5. The number of nitrogens with one attached hydrogen (secondary N) is 1. The Labute approximate surface area is 224 Å². The van der Waals surface area contributed by atoms with Crippen molar-refractivity contribution in [2.45, 2.75) is 35.6 Å². The molecule has 0 amide bonds. The fourth-order valence-corrected chi connectivity index (χ4v) is 7.86. The molecule has 3 heterocycles. The molecule has 1 atom stereocenters. The van der Waals surface area contributed by atoms with E-state index < -0.39 is 20.0 Å². The summed E-state index contributed by atoms with van der Waals surface area (Å²) in [5.41, 5.74) is 1.68. The number of hydrogen-bond acceptors (Lipinski definition) is 8. The molecule has 1 fully saturated rings. The van der Waals surface area contributed by atoms with Crippen LogP contribution in [0.15, 0.2) is 70.6 Å². The summed E-state index contributed by atoms with van der Waals surface area (Å²) in [4.78, 5) is 11.5. The summed E-state index contributed by atoms with van der Waals surface area (Å²) in [5, 5.41) is 3.50. The Balaban J connectivity index is 1.31. The Bertz CT molecular complexity index is 1510. The zero-order chi connectivity index (χ0) is 26.9. The molecular formula is C26H32N6O4S2. The van der Waals surface area contributed by atoms with Gasteiger partial charge >= 0.3 is 0 Å². The van der Waals surface area contributed by atoms with Crippen LogP contribution in [0.3, 0.4) is 0 Å². The van der Waals surface area contributed by atoms with E-state index in [9.17, 15) is 16.8 Å². The van der Waals surface area contributed by atoms with Crippen molar-refractivity contribution in [1.29, 1.82) is 0 Å². The summed E-state index contributed by atoms with van der Waals surface area (Å²) in [6.45, 7) is 3.12. The van der Waals surface area contributed by atoms with Crippen LogP contribution in [0.2, 0.25) is 0 Å². The maximum atomic E-state index is 13.5. The molecule has 0 spiro atoms. The van der Waals surface area contributed by atoms with Gasteiger partial charge in [0.25, 0.3) is 0 Å². The number of anilines is 2. The van der Waals surface area contributed by atoms with Gasteiger partial charge in [0.05, 0.1) is 15.8 Å². The molecule has 38 heavy (non-hydrogen) atoms. The molecule has 5 rings (SSSR count). The summed E-state index contributed by atoms with van der Waals surface area (Å²) in [5.74, 6) is 1.60. The van der Waals surface area contributed by atoms with E-state index in [1.54, 1.807) is 48.5 Å². The van der Waals surface area contributed by atoms with Crippen LogP contribution in [0, 0.1) is 6.92 Å². The van der Waals surface area contributed by atoms with Crippen LogP contribution in [0.1, 0.15) is 30.3 Å². The monoisotopic (exact) mass is 556 g/mol. The van der Waals surface area contributed by atoms with E-state index >= 15 is 0 Å². The Morgan fingerprint density at radius 3 is 2.16 bits per heavy atom. The van der Waals surface area contributed by atoms with Crippen LogP contribution in [0.4, 0.5) is 11.5 Å². The molecule has 3 aromatic rings. The summed E-state index contributed by atoms with van der Waals surface area (Å²) in [6.07, 6.45) is 3.66. The van der Waals surface area contributed by atoms with Crippen LogP contribution >= 0.6 is 0 Å². The van der Waals surface area contributed by atoms with Gasteiger partial charge < -0.3 is 10.2 Å². The number of aromatic nitrogens is 2. The van der Waals surface area contributed by atoms with E-state index in [-0.39, 0.29) is 42.0 Å². The Hall–Kier alpha value is -3.06. The van der Waals surface area contributed by atoms with Gasteiger partial charge in [0.15, 0.2) is 0 Å². The highest BCUT2D eigenvalue weighted by molar-refractivity contribution is 7.89. The lowest BCUT2D eigenvalue weighted by molar-refractivity contribution is 0.273. The summed E-state index contributed by atoms with van der Waals surface area (Å²) >= 11 is 0. The molecule has 0 radical (unpaired) electrons. The highest BCUT2D eigenvalue weighted by Crippen LogP contribution is 2.33. The maximum Gasteiger partial charge on any atom is 0.243 e. The van der Waals surface area contributed by atoms with Crippen molar-refractivity contribution < 1.29 is 16.8 Å². The molecule has 0 saturated carbocycles. The summed E-state index contributed by atoms with van der Waals surface area (Å²) in [6, 6.07) is 15.0. The van der Waals surface area contributed by atoms with Crippen molar-refractivity contribution in [3.8, 4) is 0 Å². The third kappa shape index (κ3) is 5.26. The number of piperazine rings is 1. The summed E-state index contributed by atoms with van der Waals surface area (Å²) < 4.78 is 55.6. The molecule has 0 bridgehead atoms. The normalized spacial score (nSPS) is 19.5. The minimum Gasteiger partial charge on any atom is -0.378 e. The van der Waals surface area contributed by atoms with Crippen molar-refractivity contribution in [2.75, 3.05) is 50.0 Å². The lowest BCUT2D eigenvalue weighted by atomic mass is 10.1. The van der Waals surface area contributed by atoms with Gasteiger partial charge in [0.2, 0.25) is 20.0 Å². The molecule has 2 aliphatic heterocycles. The van der Waals surface area contributed by atoms with Crippen molar-refractivity contribution in [1.82, 2.24) is 18.6 Å². The predicted molar refractivity (Wildman–Crippen MR) is 146 cm³/mol. The van der Waals surface area contributed by atoms with Gasteiger partial charge in [-0.05, 0) is 50.1 Å². The lowest BCUT2D eigenvalue weighted by Gasteiger charge is -2.33. The zero-order valence-electron chi connectivity index (χ0n) is 21.5. The van der Waals surface area contributed by atoms with Crippen LogP contribution in [0.25, 0.3) is 0 Å². The molecule has 0 aliphatic carbocycles. The minimum atomic E-state index is -3.80. The van der Waals surface area contributed by atoms with Gasteiger partial charge in [-0.1, -0.05) is 24.3 Å². The van der Waals surface area contributed by atoms with E-state index in [0.717, 1.165) is 30.8 Å². The number of benzene rings is 2. The first-order chi connectivity index (χ1) is 18.2. The van der Waals surface area contributed by atoms with Crippen molar-refractivity contribution in [3.05, 3.63) is 72.2 Å². The van der Waals surface area contributed by atoms with Gasteiger partial charge in [-0.2, -0.15) is 8.61 Å². The Morgan fingerprint density at radius 2 is 1.47 bits per heavy atom. The van der Waals surface area contributed by atoms with Crippen LogP contribution < -0.4 is 10.2 Å². The van der Waals surface area contributed by atoms with Crippen molar-refractivity contribution in [3.63, 3.8) is 0 Å². The quantitative estimate of drug-likeness (QED) is 0.493. The van der Waals surface area contributed by atoms with E-state index in [0.29, 0.717) is 11.5 Å². The molecule has 12 heteroatoms. The molecule has 2 aromatic carbocycles. The smallest absolute Gasteiger partial charge is 0.243 e. The number of rotatable bonds is 6. The SMILES string of the molecule is Cc1ncc2c(n1)N(C)CCCC2Nc1cccc(S(=O)(=O)N2CCN(S(=O)(=O)c3ccccc3)CC2)c1. The first kappa shape index (κ1) is 26.5. The Kier molecular flexibility index (Phi) is 7.40. The molecule has 1 unspecified atom stereocenters. The van der Waals surface area contributed by atoms with Gasteiger partial charge in [-0.25, -0.2) is 26.8 Å². The number of sulfonamides is 2. The molecule has 10 nitrogen and oxygen atoms in total. The first-order valence-electron chi connectivity index (χ1n) is 12.6. The average molecular weight is 557 g/mol. The standard InChI is InChI=1S/C26H32N6O4S2/c1-20-27-19-24-25(12-7-13-30(2)26(24)28-20)29-21-8-6-11-23(18-21)38(35,36)32-16-14-31(15-17-32)37(33,34)22-9-4-3-5-10-22/h3-6,8-11,18-19,25,29H,7,12-17H2,1-2H3. The molecule has 1 N–H and O–H groups in total. The fourth-order valence-electron chi connectivity index (χ4n) is 4.95. The number of fused-ring (bicyclic) bond motifs is 1. The highest BCUT2D eigenvalue weighted by Gasteiger charge is 2.34. The average Bonchev–Trinajstić information content (AvgIpc) is 3.07. The van der Waals surface area contributed by atoms with Gasteiger partial charge in [-0.15, -0.1) is 0 Å². The lowest BCUT2D eigenvalue weighted by Crippen LogP contribution is -2.50. The van der Waals surface area contributed by atoms with Crippen molar-refractivity contribution in [2.24, 2.45) is 0 Å². The first-order valence-corrected chi connectivity index (χ1v) is 15.5. The molecule has 1 aromatic heterocycles. The van der Waals surface area contributed by atoms with Gasteiger partial charge in [0.1, 0.15) is 11.6 Å². The van der Waals surface area contributed by atoms with Crippen LogP contribution in [0.5, 0.6) is 0 Å². The van der Waals surface area contributed by atoms with E-state index in [1.807, 2.05) is 26.2 Å². The van der Waals surface area contributed by atoms with E-state index in [2.05, 4.69) is 20.2 Å². The van der Waals surface area contributed by atoms with Crippen LogP contribution in [-0.4, -0.2) is 75.2 Å². The van der Waals surface area contributed by atoms with Gasteiger partial charge in [-0.3, -0.25) is 0 Å². The molecule has 2 aliphatic rings. The van der Waals surface area contributed by atoms with E-state index in [1.165, 1.54) is 8.61 Å². The largest absolute Gasteiger partial charge is 0.378 e. The number of nitrogens with zero attached hydrogens (tertiary/aromatic N) is 5. The third-order valence-electron chi connectivity index (χ3n) is 7.03. The molecule has 1 saturated heterocycles.